The van der Waals surface area contributed by atoms with Crippen molar-refractivity contribution in [2.75, 3.05) is 13.7 Å². The molecule has 1 aromatic rings. The average molecular weight is 326 g/mol. The average Bonchev–Trinajstić information content (AvgIpc) is 3.00. The molecule has 1 aromatic carbocycles. The molecule has 19 heavy (non-hydrogen) atoms. The number of nitrogens with one attached hydrogen (secondary N) is 1. The van der Waals surface area contributed by atoms with Crippen molar-refractivity contribution in [1.29, 1.82) is 0 Å². The molecule has 0 aliphatic heterocycles. The quantitative estimate of drug-likeness (QED) is 0.852. The molecule has 0 saturated heterocycles. The molecule has 2 rings (SSSR count). The fourth-order valence-electron chi connectivity index (χ4n) is 2.89. The van der Waals surface area contributed by atoms with E-state index in [0.29, 0.717) is 11.5 Å². The van der Waals surface area contributed by atoms with E-state index in [0.717, 1.165) is 24.6 Å². The van der Waals surface area contributed by atoms with Gasteiger partial charge in [0, 0.05) is 10.5 Å². The summed E-state index contributed by atoms with van der Waals surface area (Å²) in [5.41, 5.74) is 1.83. The number of ether oxygens (including phenoxy) is 1. The van der Waals surface area contributed by atoms with Crippen LogP contribution in [0.5, 0.6) is 5.75 Å². The maximum atomic E-state index is 5.33. The van der Waals surface area contributed by atoms with Gasteiger partial charge >= 0.3 is 0 Å². The topological polar surface area (TPSA) is 21.3 Å². The second-order valence-corrected chi connectivity index (χ2v) is 6.98. The molecule has 1 fully saturated rings. The van der Waals surface area contributed by atoms with Gasteiger partial charge in [0.25, 0.3) is 0 Å². The number of hydrogen-bond acceptors (Lipinski definition) is 2. The molecule has 3 heteroatoms. The minimum atomic E-state index is 0.498. The lowest BCUT2D eigenvalue weighted by Crippen LogP contribution is -2.34. The third-order valence-corrected chi connectivity index (χ3v) is 5.01. The van der Waals surface area contributed by atoms with E-state index in [1.54, 1.807) is 7.11 Å². The normalized spacial score (nSPS) is 22.1. The van der Waals surface area contributed by atoms with E-state index in [4.69, 9.17) is 4.74 Å². The van der Waals surface area contributed by atoms with Crippen LogP contribution in [0, 0.1) is 11.3 Å². The Labute approximate surface area is 125 Å². The summed E-state index contributed by atoms with van der Waals surface area (Å²) in [4.78, 5) is 0. The molecule has 0 amide bonds. The largest absolute Gasteiger partial charge is 0.497 e. The molecule has 2 atom stereocenters. The molecule has 0 bridgehead atoms. The number of hydrogen-bond donors (Lipinski definition) is 1. The number of rotatable bonds is 6. The molecule has 1 aliphatic carbocycles. The van der Waals surface area contributed by atoms with Crippen LogP contribution < -0.4 is 10.1 Å². The van der Waals surface area contributed by atoms with E-state index in [1.807, 2.05) is 6.07 Å². The van der Waals surface area contributed by atoms with Crippen LogP contribution in [0.1, 0.15) is 32.8 Å². The summed E-state index contributed by atoms with van der Waals surface area (Å²) in [6.07, 6.45) is 2.38. The highest BCUT2D eigenvalue weighted by atomic mass is 79.9. The highest BCUT2D eigenvalue weighted by Gasteiger charge is 2.49. The summed E-state index contributed by atoms with van der Waals surface area (Å²) in [5.74, 6) is 1.72. The summed E-state index contributed by atoms with van der Waals surface area (Å²) >= 11 is 3.65. The third-order valence-electron chi connectivity index (χ3n) is 4.23. The Morgan fingerprint density at radius 2 is 2.16 bits per heavy atom. The van der Waals surface area contributed by atoms with Crippen molar-refractivity contribution < 1.29 is 4.74 Å². The molecule has 1 saturated carbocycles. The Kier molecular flexibility index (Phi) is 4.57. The summed E-state index contributed by atoms with van der Waals surface area (Å²) in [6.45, 7) is 7.94. The van der Waals surface area contributed by atoms with Gasteiger partial charge in [0.2, 0.25) is 0 Å². The first-order chi connectivity index (χ1) is 8.97. The molecule has 1 aliphatic rings. The lowest BCUT2D eigenvalue weighted by Gasteiger charge is -2.21. The first-order valence-electron chi connectivity index (χ1n) is 7.03. The Hall–Kier alpha value is -0.540. The fraction of sp³-hybridized carbons (Fsp3) is 0.625. The van der Waals surface area contributed by atoms with Crippen LogP contribution in [0.2, 0.25) is 0 Å². The van der Waals surface area contributed by atoms with Crippen LogP contribution in [0.3, 0.4) is 0 Å². The van der Waals surface area contributed by atoms with E-state index >= 15 is 0 Å². The van der Waals surface area contributed by atoms with Gasteiger partial charge in [-0.25, -0.2) is 0 Å². The van der Waals surface area contributed by atoms with Crippen LogP contribution in [-0.4, -0.2) is 19.7 Å². The predicted molar refractivity (Wildman–Crippen MR) is 83.8 cm³/mol. The van der Waals surface area contributed by atoms with Crippen molar-refractivity contribution in [2.24, 2.45) is 11.3 Å². The van der Waals surface area contributed by atoms with Crippen molar-refractivity contribution in [2.45, 2.75) is 39.7 Å². The molecular weight excluding hydrogens is 302 g/mol. The van der Waals surface area contributed by atoms with Gasteiger partial charge in [-0.3, -0.25) is 0 Å². The van der Waals surface area contributed by atoms with Gasteiger partial charge in [0.1, 0.15) is 5.75 Å². The number of benzene rings is 1. The van der Waals surface area contributed by atoms with Crippen molar-refractivity contribution in [3.05, 3.63) is 28.2 Å². The summed E-state index contributed by atoms with van der Waals surface area (Å²) in [6, 6.07) is 6.78. The van der Waals surface area contributed by atoms with Crippen LogP contribution in [-0.2, 0) is 6.42 Å². The van der Waals surface area contributed by atoms with E-state index in [1.165, 1.54) is 16.5 Å². The van der Waals surface area contributed by atoms with Gasteiger partial charge in [0.15, 0.2) is 0 Å². The van der Waals surface area contributed by atoms with Crippen molar-refractivity contribution >= 4 is 15.9 Å². The van der Waals surface area contributed by atoms with Crippen LogP contribution in [0.15, 0.2) is 22.7 Å². The molecule has 0 spiro atoms. The maximum Gasteiger partial charge on any atom is 0.119 e. The number of likely N-dealkylation sites (N-methyl/N-ethyl adjacent to an activating group) is 1. The summed E-state index contributed by atoms with van der Waals surface area (Å²) in [7, 11) is 1.72. The zero-order valence-corrected chi connectivity index (χ0v) is 13.9. The van der Waals surface area contributed by atoms with Crippen LogP contribution >= 0.6 is 15.9 Å². The van der Waals surface area contributed by atoms with Crippen molar-refractivity contribution in [3.63, 3.8) is 0 Å². The van der Waals surface area contributed by atoms with Crippen molar-refractivity contribution in [1.82, 2.24) is 5.32 Å². The maximum absolute atomic E-state index is 5.33. The molecule has 106 valence electrons. The standard InChI is InChI=1S/C16H24BrNO/c1-5-18-15(13-10-16(13,2)3)9-11-8-12(19-4)6-7-14(11)17/h6-8,13,15,18H,5,9-10H2,1-4H3. The van der Waals surface area contributed by atoms with Gasteiger partial charge in [-0.15, -0.1) is 0 Å². The molecule has 1 N–H and O–H groups in total. The van der Waals surface area contributed by atoms with Crippen molar-refractivity contribution in [3.8, 4) is 5.75 Å². The van der Waals surface area contributed by atoms with E-state index in [-0.39, 0.29) is 0 Å². The van der Waals surface area contributed by atoms with Crippen LogP contribution in [0.4, 0.5) is 0 Å². The summed E-state index contributed by atoms with van der Waals surface area (Å²) < 4.78 is 6.50. The van der Waals surface area contributed by atoms with E-state index in [9.17, 15) is 0 Å². The minimum Gasteiger partial charge on any atom is -0.497 e. The Morgan fingerprint density at radius 3 is 2.68 bits per heavy atom. The van der Waals surface area contributed by atoms with Gasteiger partial charge in [-0.1, -0.05) is 36.7 Å². The summed E-state index contributed by atoms with van der Waals surface area (Å²) in [5, 5.41) is 3.65. The zero-order chi connectivity index (χ0) is 14.0. The van der Waals surface area contributed by atoms with Gasteiger partial charge in [-0.05, 0) is 54.5 Å². The highest BCUT2D eigenvalue weighted by Crippen LogP contribution is 2.54. The zero-order valence-electron chi connectivity index (χ0n) is 12.3. The SMILES string of the molecule is CCNC(Cc1cc(OC)ccc1Br)C1CC1(C)C. The van der Waals surface area contributed by atoms with Gasteiger partial charge in [-0.2, -0.15) is 0 Å². The molecule has 0 aromatic heterocycles. The molecule has 0 radical (unpaired) electrons. The number of halogens is 1. The van der Waals surface area contributed by atoms with Gasteiger partial charge in [0.05, 0.1) is 7.11 Å². The second-order valence-electron chi connectivity index (χ2n) is 6.12. The first kappa shape index (κ1) is 14.9. The fourth-order valence-corrected chi connectivity index (χ4v) is 3.29. The second kappa shape index (κ2) is 5.84. The minimum absolute atomic E-state index is 0.498. The Morgan fingerprint density at radius 1 is 1.47 bits per heavy atom. The smallest absolute Gasteiger partial charge is 0.119 e. The van der Waals surface area contributed by atoms with E-state index < -0.39 is 0 Å². The van der Waals surface area contributed by atoms with Crippen LogP contribution in [0.25, 0.3) is 0 Å². The molecule has 2 nitrogen and oxygen atoms in total. The number of methoxy groups -OCH3 is 1. The lowest BCUT2D eigenvalue weighted by atomic mass is 9.97. The predicted octanol–water partition coefficient (Wildman–Crippen LogP) is 4.02. The molecular formula is C16H24BrNO. The highest BCUT2D eigenvalue weighted by molar-refractivity contribution is 9.10. The van der Waals surface area contributed by atoms with E-state index in [2.05, 4.69) is 54.2 Å². The Balaban J connectivity index is 2.13. The lowest BCUT2D eigenvalue weighted by molar-refractivity contribution is 0.403. The first-order valence-corrected chi connectivity index (χ1v) is 7.83. The monoisotopic (exact) mass is 325 g/mol. The molecule has 2 unspecified atom stereocenters. The third kappa shape index (κ3) is 3.51. The molecule has 0 heterocycles. The Bertz CT molecular complexity index is 444. The van der Waals surface area contributed by atoms with Gasteiger partial charge < -0.3 is 10.1 Å².